The third-order valence-corrected chi connectivity index (χ3v) is 5.82. The molecule has 0 radical (unpaired) electrons. The lowest BCUT2D eigenvalue weighted by Crippen LogP contribution is -2.42. The maximum atomic E-state index is 4.96. The summed E-state index contributed by atoms with van der Waals surface area (Å²) < 4.78 is 2.04. The van der Waals surface area contributed by atoms with Gasteiger partial charge in [-0.2, -0.15) is 5.10 Å². The summed E-state index contributed by atoms with van der Waals surface area (Å²) in [4.78, 5) is 12.2. The van der Waals surface area contributed by atoms with Crippen LogP contribution in [0.1, 0.15) is 55.9 Å². The summed E-state index contributed by atoms with van der Waals surface area (Å²) in [5, 5.41) is 11.5. The monoisotopic (exact) mass is 395 g/mol. The summed E-state index contributed by atoms with van der Waals surface area (Å²) in [7, 11) is 0. The van der Waals surface area contributed by atoms with Gasteiger partial charge in [-0.25, -0.2) is 9.67 Å². The summed E-state index contributed by atoms with van der Waals surface area (Å²) in [6.45, 7) is 8.87. The first-order chi connectivity index (χ1) is 14.2. The summed E-state index contributed by atoms with van der Waals surface area (Å²) in [6, 6.07) is 11.4. The second-order valence-corrected chi connectivity index (χ2v) is 8.05. The highest BCUT2D eigenvalue weighted by atomic mass is 15.4. The van der Waals surface area contributed by atoms with Gasteiger partial charge >= 0.3 is 0 Å². The van der Waals surface area contributed by atoms with Crippen molar-refractivity contribution in [2.45, 2.75) is 64.7 Å². The molecular formula is C22H33N7. The number of nitrogens with one attached hydrogen (secondary N) is 2. The largest absolute Gasteiger partial charge is 0.357 e. The molecule has 2 aromatic rings. The van der Waals surface area contributed by atoms with E-state index in [2.05, 4.69) is 62.9 Å². The third kappa shape index (κ3) is 4.96. The number of fused-ring (bicyclic) bond motifs is 1. The van der Waals surface area contributed by atoms with E-state index in [1.807, 2.05) is 11.6 Å². The zero-order valence-electron chi connectivity index (χ0n) is 17.6. The Labute approximate surface area is 173 Å². The van der Waals surface area contributed by atoms with Gasteiger partial charge in [0.15, 0.2) is 5.96 Å². The number of benzene rings is 1. The molecule has 156 valence electrons. The molecule has 2 atom stereocenters. The van der Waals surface area contributed by atoms with Crippen LogP contribution in [0.4, 0.5) is 0 Å². The van der Waals surface area contributed by atoms with Crippen LogP contribution in [-0.2, 0) is 13.1 Å². The number of likely N-dealkylation sites (tertiary alicyclic amines) is 1. The van der Waals surface area contributed by atoms with Crippen molar-refractivity contribution in [2.24, 2.45) is 4.99 Å². The lowest BCUT2D eigenvalue weighted by molar-refractivity contribution is 0.250. The summed E-state index contributed by atoms with van der Waals surface area (Å²) in [5.41, 5.74) is 1.38. The molecule has 2 N–H and O–H groups in total. The first-order valence-corrected chi connectivity index (χ1v) is 11.0. The summed E-state index contributed by atoms with van der Waals surface area (Å²) >= 11 is 0. The van der Waals surface area contributed by atoms with Gasteiger partial charge in [0.1, 0.15) is 11.6 Å². The summed E-state index contributed by atoms with van der Waals surface area (Å²) in [6.07, 6.45) is 4.64. The van der Waals surface area contributed by atoms with Crippen LogP contribution in [0.2, 0.25) is 0 Å². The fourth-order valence-corrected chi connectivity index (χ4v) is 4.41. The predicted octanol–water partition coefficient (Wildman–Crippen LogP) is 2.64. The van der Waals surface area contributed by atoms with E-state index in [1.165, 1.54) is 18.4 Å². The van der Waals surface area contributed by atoms with E-state index in [4.69, 9.17) is 4.99 Å². The van der Waals surface area contributed by atoms with E-state index in [9.17, 15) is 0 Å². The van der Waals surface area contributed by atoms with Crippen molar-refractivity contribution >= 4 is 5.96 Å². The Morgan fingerprint density at radius 3 is 2.83 bits per heavy atom. The highest BCUT2D eigenvalue weighted by molar-refractivity contribution is 5.80. The maximum absolute atomic E-state index is 4.96. The van der Waals surface area contributed by atoms with Gasteiger partial charge in [0.25, 0.3) is 0 Å². The number of guanidine groups is 1. The second-order valence-electron chi connectivity index (χ2n) is 8.05. The Bertz CT molecular complexity index is 814. The normalized spacial score (nSPS) is 22.5. The van der Waals surface area contributed by atoms with Gasteiger partial charge in [-0.3, -0.25) is 9.89 Å². The molecule has 0 saturated carbocycles. The third-order valence-electron chi connectivity index (χ3n) is 5.82. The van der Waals surface area contributed by atoms with E-state index in [1.54, 1.807) is 0 Å². The molecule has 3 heterocycles. The van der Waals surface area contributed by atoms with Crippen LogP contribution in [0.25, 0.3) is 0 Å². The molecule has 1 saturated heterocycles. The van der Waals surface area contributed by atoms with Gasteiger partial charge in [0.05, 0.1) is 12.6 Å². The second kappa shape index (κ2) is 9.39. The van der Waals surface area contributed by atoms with E-state index in [-0.39, 0.29) is 6.04 Å². The number of hydrogen-bond acceptors (Lipinski definition) is 4. The van der Waals surface area contributed by atoms with Crippen molar-refractivity contribution in [3.63, 3.8) is 0 Å². The van der Waals surface area contributed by atoms with E-state index in [0.717, 1.165) is 63.2 Å². The number of aliphatic imine (C=N–C) groups is 1. The Balaban J connectivity index is 1.40. The molecule has 7 heteroatoms. The Hall–Kier alpha value is -2.41. The minimum atomic E-state index is 0.173. The van der Waals surface area contributed by atoms with Gasteiger partial charge in [0.2, 0.25) is 0 Å². The fourth-order valence-electron chi connectivity index (χ4n) is 4.41. The smallest absolute Gasteiger partial charge is 0.191 e. The molecular weight excluding hydrogens is 362 g/mol. The Morgan fingerprint density at radius 2 is 2.00 bits per heavy atom. The molecule has 2 unspecified atom stereocenters. The Morgan fingerprint density at radius 1 is 1.17 bits per heavy atom. The number of rotatable bonds is 6. The first kappa shape index (κ1) is 19.9. The maximum Gasteiger partial charge on any atom is 0.191 e. The van der Waals surface area contributed by atoms with Gasteiger partial charge in [-0.15, -0.1) is 0 Å². The Kier molecular flexibility index (Phi) is 6.44. The van der Waals surface area contributed by atoms with Gasteiger partial charge < -0.3 is 10.6 Å². The van der Waals surface area contributed by atoms with E-state index < -0.39 is 0 Å². The molecule has 1 aromatic heterocycles. The number of aromatic nitrogens is 3. The molecule has 2 aliphatic rings. The molecule has 29 heavy (non-hydrogen) atoms. The number of hydrogen-bond donors (Lipinski definition) is 2. The average Bonchev–Trinajstić information content (AvgIpc) is 3.33. The van der Waals surface area contributed by atoms with E-state index >= 15 is 0 Å². The van der Waals surface area contributed by atoms with Crippen LogP contribution in [0.3, 0.4) is 0 Å². The average molecular weight is 396 g/mol. The lowest BCUT2D eigenvalue weighted by atomic mass is 10.1. The molecule has 0 aliphatic carbocycles. The molecule has 2 aliphatic heterocycles. The predicted molar refractivity (Wildman–Crippen MR) is 116 cm³/mol. The van der Waals surface area contributed by atoms with Crippen molar-refractivity contribution < 1.29 is 0 Å². The topological polar surface area (TPSA) is 70.4 Å². The lowest BCUT2D eigenvalue weighted by Gasteiger charge is -2.26. The molecule has 4 rings (SSSR count). The van der Waals surface area contributed by atoms with Crippen LogP contribution in [0.5, 0.6) is 0 Å². The van der Waals surface area contributed by atoms with Crippen LogP contribution in [0.15, 0.2) is 35.3 Å². The van der Waals surface area contributed by atoms with Gasteiger partial charge in [-0.1, -0.05) is 30.3 Å². The molecule has 1 aromatic carbocycles. The fraction of sp³-hybridized carbons (Fsp3) is 0.591. The van der Waals surface area contributed by atoms with Gasteiger partial charge in [-0.05, 0) is 51.6 Å². The summed E-state index contributed by atoms with van der Waals surface area (Å²) in [5.74, 6) is 2.77. The minimum Gasteiger partial charge on any atom is -0.357 e. The highest BCUT2D eigenvalue weighted by Crippen LogP contribution is 2.23. The molecule has 1 fully saturated rings. The quantitative estimate of drug-likeness (QED) is 0.581. The van der Waals surface area contributed by atoms with Crippen molar-refractivity contribution in [1.82, 2.24) is 30.3 Å². The highest BCUT2D eigenvalue weighted by Gasteiger charge is 2.26. The minimum absolute atomic E-state index is 0.173. The number of nitrogens with zero attached hydrogens (tertiary/aromatic N) is 5. The number of aryl methyl sites for hydroxylation is 2. The first-order valence-electron chi connectivity index (χ1n) is 11.0. The molecule has 7 nitrogen and oxygen atoms in total. The van der Waals surface area contributed by atoms with Crippen LogP contribution >= 0.6 is 0 Å². The zero-order chi connectivity index (χ0) is 20.1. The van der Waals surface area contributed by atoms with Crippen LogP contribution in [-0.4, -0.2) is 51.3 Å². The standard InChI is InChI=1S/C22H33N7/c1-3-23-22(26-20-12-8-14-29-21(20)25-17(2)27-29)24-15-19-11-7-13-28(19)16-18-9-5-4-6-10-18/h4-6,9-10,19-20H,3,7-8,11-16H2,1-2H3,(H2,23,24,26). The SMILES string of the molecule is CCNC(=NCC1CCCN1Cc1ccccc1)NC1CCCn2nc(C)nc21. The van der Waals surface area contributed by atoms with Crippen LogP contribution in [0, 0.1) is 6.92 Å². The van der Waals surface area contributed by atoms with Crippen molar-refractivity contribution in [3.8, 4) is 0 Å². The molecule has 0 bridgehead atoms. The zero-order valence-corrected chi connectivity index (χ0v) is 17.6. The van der Waals surface area contributed by atoms with Crippen molar-refractivity contribution in [1.29, 1.82) is 0 Å². The van der Waals surface area contributed by atoms with Crippen LogP contribution < -0.4 is 10.6 Å². The van der Waals surface area contributed by atoms with Crippen molar-refractivity contribution in [3.05, 3.63) is 47.5 Å². The molecule has 0 spiro atoms. The molecule has 0 amide bonds. The van der Waals surface area contributed by atoms with Gasteiger partial charge in [0, 0.05) is 25.7 Å². The van der Waals surface area contributed by atoms with E-state index in [0.29, 0.717) is 6.04 Å². The van der Waals surface area contributed by atoms with Crippen molar-refractivity contribution in [2.75, 3.05) is 19.6 Å².